The van der Waals surface area contributed by atoms with Crippen LogP contribution in [0.3, 0.4) is 0 Å². The van der Waals surface area contributed by atoms with Crippen LogP contribution in [0.2, 0.25) is 0 Å². The molecule has 0 unspecified atom stereocenters. The standard InChI is InChI=1S/C9H20N8.CH4O.HI/c1-7(15-17-9(12-4)13-5)6-14-16-8(10-2)11-3;1-2;/h6H,1-5H3,(H2,10,11,16)(H2,12,13,17);2H,1H3;1H/b14-6+,15-7-;;. The Morgan fingerprint density at radius 2 is 1.40 bits per heavy atom. The van der Waals surface area contributed by atoms with Crippen LogP contribution < -0.4 is 21.5 Å². The van der Waals surface area contributed by atoms with Crippen molar-refractivity contribution in [2.45, 2.75) is 6.92 Å². The van der Waals surface area contributed by atoms with Crippen molar-refractivity contribution in [2.75, 3.05) is 35.3 Å². The molecule has 0 aliphatic carbocycles. The molecule has 0 spiro atoms. The zero-order valence-corrected chi connectivity index (χ0v) is 15.1. The van der Waals surface area contributed by atoms with Gasteiger partial charge in [-0.1, -0.05) is 0 Å². The zero-order chi connectivity index (χ0) is 15.1. The number of aliphatic imine (C=N–C) groups is 2. The van der Waals surface area contributed by atoms with E-state index in [9.17, 15) is 0 Å². The minimum Gasteiger partial charge on any atom is -0.400 e. The lowest BCUT2D eigenvalue weighted by molar-refractivity contribution is 0.399. The summed E-state index contributed by atoms with van der Waals surface area (Å²) >= 11 is 0. The molecule has 0 aromatic rings. The molecule has 0 saturated heterocycles. The molecule has 0 rings (SSSR count). The van der Waals surface area contributed by atoms with Gasteiger partial charge in [-0.2, -0.15) is 10.2 Å². The monoisotopic (exact) mass is 400 g/mol. The van der Waals surface area contributed by atoms with Crippen LogP contribution in [0.25, 0.3) is 0 Å². The molecule has 20 heavy (non-hydrogen) atoms. The second kappa shape index (κ2) is 17.6. The average molecular weight is 400 g/mol. The molecule has 0 radical (unpaired) electrons. The summed E-state index contributed by atoms with van der Waals surface area (Å²) in [5.41, 5.74) is 6.16. The van der Waals surface area contributed by atoms with E-state index in [0.717, 1.165) is 7.11 Å². The zero-order valence-electron chi connectivity index (χ0n) is 12.7. The van der Waals surface area contributed by atoms with Crippen LogP contribution in [-0.2, 0) is 0 Å². The van der Waals surface area contributed by atoms with Gasteiger partial charge in [-0.3, -0.25) is 9.98 Å². The molecule has 0 amide bonds. The Morgan fingerprint density at radius 3 is 1.80 bits per heavy atom. The van der Waals surface area contributed by atoms with Crippen molar-refractivity contribution in [1.29, 1.82) is 0 Å². The largest absolute Gasteiger partial charge is 0.400 e. The molecule has 0 fully saturated rings. The highest BCUT2D eigenvalue weighted by atomic mass is 127. The van der Waals surface area contributed by atoms with Gasteiger partial charge in [0.05, 0.1) is 11.9 Å². The third kappa shape index (κ3) is 13.0. The second-order valence-corrected chi connectivity index (χ2v) is 2.88. The smallest absolute Gasteiger partial charge is 0.211 e. The van der Waals surface area contributed by atoms with Gasteiger partial charge in [-0.25, -0.2) is 10.9 Å². The van der Waals surface area contributed by atoms with Crippen molar-refractivity contribution in [2.24, 2.45) is 20.2 Å². The van der Waals surface area contributed by atoms with E-state index in [4.69, 9.17) is 5.11 Å². The maximum atomic E-state index is 7.00. The number of halogens is 1. The second-order valence-electron chi connectivity index (χ2n) is 2.88. The molecule has 0 aliphatic rings. The third-order valence-corrected chi connectivity index (χ3v) is 1.68. The summed E-state index contributed by atoms with van der Waals surface area (Å²) < 4.78 is 0. The van der Waals surface area contributed by atoms with Gasteiger partial charge in [0.15, 0.2) is 0 Å². The average Bonchev–Trinajstić information content (AvgIpc) is 2.47. The first-order valence-electron chi connectivity index (χ1n) is 5.51. The van der Waals surface area contributed by atoms with Crippen LogP contribution in [0.4, 0.5) is 0 Å². The van der Waals surface area contributed by atoms with Crippen LogP contribution in [0.15, 0.2) is 20.2 Å². The summed E-state index contributed by atoms with van der Waals surface area (Å²) in [5.74, 6) is 1.16. The first-order valence-corrected chi connectivity index (χ1v) is 5.51. The number of guanidine groups is 2. The number of hydrazone groups is 2. The van der Waals surface area contributed by atoms with E-state index in [1.807, 2.05) is 6.92 Å². The maximum Gasteiger partial charge on any atom is 0.211 e. The Balaban J connectivity index is -0.000000916. The lowest BCUT2D eigenvalue weighted by Gasteiger charge is -2.03. The van der Waals surface area contributed by atoms with Gasteiger partial charge in [-0.15, -0.1) is 24.0 Å². The summed E-state index contributed by atoms with van der Waals surface area (Å²) in [5, 5.41) is 20.7. The van der Waals surface area contributed by atoms with Crippen LogP contribution >= 0.6 is 24.0 Å². The van der Waals surface area contributed by atoms with Crippen molar-refractivity contribution >= 4 is 47.8 Å². The predicted octanol–water partition coefficient (Wildman–Crippen LogP) is -0.836. The Labute approximate surface area is 137 Å². The van der Waals surface area contributed by atoms with Gasteiger partial charge in [0, 0.05) is 35.3 Å². The van der Waals surface area contributed by atoms with Gasteiger partial charge >= 0.3 is 0 Å². The fourth-order valence-electron chi connectivity index (χ4n) is 0.792. The summed E-state index contributed by atoms with van der Waals surface area (Å²) in [7, 11) is 7.83. The quantitative estimate of drug-likeness (QED) is 0.183. The molecule has 0 aliphatic heterocycles. The summed E-state index contributed by atoms with van der Waals surface area (Å²) in [6, 6.07) is 0. The maximum absolute atomic E-state index is 7.00. The number of hydrogen-bond donors (Lipinski definition) is 5. The van der Waals surface area contributed by atoms with Crippen LogP contribution in [-0.4, -0.2) is 64.3 Å². The van der Waals surface area contributed by atoms with Gasteiger partial charge < -0.3 is 15.7 Å². The van der Waals surface area contributed by atoms with Crippen LogP contribution in [0, 0.1) is 0 Å². The summed E-state index contributed by atoms with van der Waals surface area (Å²) in [6.45, 7) is 1.81. The van der Waals surface area contributed by atoms with Crippen molar-refractivity contribution in [3.8, 4) is 0 Å². The molecule has 5 N–H and O–H groups in total. The van der Waals surface area contributed by atoms with Gasteiger partial charge in [0.1, 0.15) is 0 Å². The minimum absolute atomic E-state index is 0. The Hall–Kier alpha value is -1.43. The molecule has 0 aromatic carbocycles. The van der Waals surface area contributed by atoms with E-state index in [1.165, 1.54) is 0 Å². The highest BCUT2D eigenvalue weighted by molar-refractivity contribution is 14.0. The first-order chi connectivity index (χ1) is 9.17. The van der Waals surface area contributed by atoms with E-state index in [0.29, 0.717) is 17.6 Å². The molecule has 0 heterocycles. The van der Waals surface area contributed by atoms with Crippen molar-refractivity contribution in [3.05, 3.63) is 0 Å². The molecule has 118 valence electrons. The lowest BCUT2D eigenvalue weighted by Crippen LogP contribution is -2.32. The summed E-state index contributed by atoms with van der Waals surface area (Å²) in [4.78, 5) is 7.81. The molecule has 9 nitrogen and oxygen atoms in total. The number of aliphatic hydroxyl groups excluding tert-OH is 1. The molecule has 0 atom stereocenters. The van der Waals surface area contributed by atoms with E-state index in [-0.39, 0.29) is 24.0 Å². The number of rotatable bonds is 3. The Kier molecular flexibility index (Phi) is 20.8. The number of nitrogens with zero attached hydrogens (tertiary/aromatic N) is 4. The fraction of sp³-hybridized carbons (Fsp3) is 0.600. The molecule has 0 bridgehead atoms. The van der Waals surface area contributed by atoms with E-state index in [2.05, 4.69) is 41.7 Å². The van der Waals surface area contributed by atoms with E-state index >= 15 is 0 Å². The highest BCUT2D eigenvalue weighted by Gasteiger charge is 1.91. The van der Waals surface area contributed by atoms with Crippen molar-refractivity contribution in [3.63, 3.8) is 0 Å². The van der Waals surface area contributed by atoms with Crippen molar-refractivity contribution in [1.82, 2.24) is 21.5 Å². The minimum atomic E-state index is 0. The van der Waals surface area contributed by atoms with E-state index < -0.39 is 0 Å². The number of hydrogen-bond acceptors (Lipinski definition) is 5. The fourth-order valence-corrected chi connectivity index (χ4v) is 0.792. The SMILES string of the molecule is CN=C(NC)N/N=C(C)\C=N\NC(=NC)NC.CO.I. The van der Waals surface area contributed by atoms with Crippen LogP contribution in [0.5, 0.6) is 0 Å². The van der Waals surface area contributed by atoms with Gasteiger partial charge in [-0.05, 0) is 6.92 Å². The molecule has 0 aromatic heterocycles. The lowest BCUT2D eigenvalue weighted by atomic mass is 10.5. The highest BCUT2D eigenvalue weighted by Crippen LogP contribution is 1.72. The normalized spacial score (nSPS) is 12.1. The molecular formula is C10H25IN8O. The Bertz CT molecular complexity index is 340. The summed E-state index contributed by atoms with van der Waals surface area (Å²) in [6.07, 6.45) is 1.57. The van der Waals surface area contributed by atoms with Gasteiger partial charge in [0.2, 0.25) is 11.9 Å². The van der Waals surface area contributed by atoms with Crippen molar-refractivity contribution < 1.29 is 5.11 Å². The topological polar surface area (TPSA) is 118 Å². The van der Waals surface area contributed by atoms with E-state index in [1.54, 1.807) is 34.4 Å². The number of aliphatic hydroxyl groups is 1. The van der Waals surface area contributed by atoms with Crippen LogP contribution in [0.1, 0.15) is 6.92 Å². The van der Waals surface area contributed by atoms with Gasteiger partial charge in [0.25, 0.3) is 0 Å². The predicted molar refractivity (Wildman–Crippen MR) is 96.3 cm³/mol. The Morgan fingerprint density at radius 1 is 0.950 bits per heavy atom. The molecule has 0 saturated carbocycles. The molecular weight excluding hydrogens is 375 g/mol. The molecule has 10 heteroatoms. The number of nitrogens with one attached hydrogen (secondary N) is 4. The third-order valence-electron chi connectivity index (χ3n) is 1.68. The first kappa shape index (κ1) is 23.6.